The summed E-state index contributed by atoms with van der Waals surface area (Å²) in [5.74, 6) is 0.500. The van der Waals surface area contributed by atoms with E-state index >= 15 is 0 Å². The molecule has 9 heteroatoms. The first-order valence-electron chi connectivity index (χ1n) is 10.7. The molecule has 0 bridgehead atoms. The molecule has 33 heavy (non-hydrogen) atoms. The van der Waals surface area contributed by atoms with Crippen LogP contribution in [0.4, 0.5) is 15.8 Å². The molecule has 0 saturated carbocycles. The minimum Gasteiger partial charge on any atom is -0.493 e. The van der Waals surface area contributed by atoms with Gasteiger partial charge in [-0.15, -0.1) is 0 Å². The van der Waals surface area contributed by atoms with Crippen LogP contribution in [0, 0.1) is 17.1 Å². The van der Waals surface area contributed by atoms with Gasteiger partial charge in [0.25, 0.3) is 0 Å². The number of pyridine rings is 1. The number of hydrogen-bond donors (Lipinski definition) is 1. The summed E-state index contributed by atoms with van der Waals surface area (Å²) in [7, 11) is 1.56. The smallest absolute Gasteiger partial charge is 0.187 e. The highest BCUT2D eigenvalue weighted by Gasteiger charge is 2.18. The fraction of sp³-hybridized carbons (Fsp3) is 0.333. The average molecular weight is 471 g/mol. The Balaban J connectivity index is 1.62. The lowest BCUT2D eigenvalue weighted by Crippen LogP contribution is -2.37. The van der Waals surface area contributed by atoms with E-state index in [1.165, 1.54) is 18.3 Å². The standard InChI is InChI=1S/C24H24ClFN4O3/c1-31-21-6-4-18-22(29-20-5-3-17(25)13-19(20)26)16(14-27)15-28-23(18)24(21)33-10-2-7-30-8-11-32-12-9-30/h3-6,13,15H,2,7-12H2,1H3,(H,28,29). The second-order valence-corrected chi connectivity index (χ2v) is 7.99. The number of aromatic nitrogens is 1. The predicted molar refractivity (Wildman–Crippen MR) is 125 cm³/mol. The summed E-state index contributed by atoms with van der Waals surface area (Å²) in [6, 6.07) is 9.96. The van der Waals surface area contributed by atoms with E-state index in [0.29, 0.717) is 34.7 Å². The van der Waals surface area contributed by atoms with E-state index in [1.807, 2.05) is 0 Å². The van der Waals surface area contributed by atoms with Crippen LogP contribution in [-0.2, 0) is 4.74 Å². The number of benzene rings is 2. The van der Waals surface area contributed by atoms with Crippen LogP contribution in [0.1, 0.15) is 12.0 Å². The lowest BCUT2D eigenvalue weighted by Gasteiger charge is -2.26. The molecule has 2 heterocycles. The molecule has 0 atom stereocenters. The third-order valence-corrected chi connectivity index (χ3v) is 5.69. The van der Waals surface area contributed by atoms with Crippen LogP contribution in [0.2, 0.25) is 5.02 Å². The van der Waals surface area contributed by atoms with Gasteiger partial charge in [-0.3, -0.25) is 9.88 Å². The molecule has 3 aromatic rings. The summed E-state index contributed by atoms with van der Waals surface area (Å²) in [6.45, 7) is 4.74. The Morgan fingerprint density at radius 1 is 1.27 bits per heavy atom. The molecule has 0 unspecified atom stereocenters. The molecule has 172 valence electrons. The van der Waals surface area contributed by atoms with Gasteiger partial charge in [-0.05, 0) is 36.8 Å². The first-order chi connectivity index (χ1) is 16.1. The van der Waals surface area contributed by atoms with Crippen LogP contribution in [0.5, 0.6) is 11.5 Å². The number of rotatable bonds is 8. The molecule has 4 rings (SSSR count). The summed E-state index contributed by atoms with van der Waals surface area (Å²) in [6.07, 6.45) is 2.27. The number of hydrogen-bond acceptors (Lipinski definition) is 7. The summed E-state index contributed by atoms with van der Waals surface area (Å²) in [4.78, 5) is 6.80. The Hall–Kier alpha value is -3.12. The van der Waals surface area contributed by atoms with Crippen molar-refractivity contribution in [2.75, 3.05) is 51.9 Å². The lowest BCUT2D eigenvalue weighted by atomic mass is 10.1. The molecule has 1 saturated heterocycles. The highest BCUT2D eigenvalue weighted by atomic mass is 35.5. The molecule has 0 aliphatic carbocycles. The number of halogens is 2. The zero-order valence-electron chi connectivity index (χ0n) is 18.2. The van der Waals surface area contributed by atoms with Crippen molar-refractivity contribution in [3.05, 3.63) is 52.9 Å². The Labute approximate surface area is 196 Å². The van der Waals surface area contributed by atoms with Crippen LogP contribution in [0.3, 0.4) is 0 Å². The van der Waals surface area contributed by atoms with Gasteiger partial charge in [0.2, 0.25) is 0 Å². The van der Waals surface area contributed by atoms with Crippen molar-refractivity contribution in [1.82, 2.24) is 9.88 Å². The molecule has 1 aromatic heterocycles. The quantitative estimate of drug-likeness (QED) is 0.476. The number of morpholine rings is 1. The van der Waals surface area contributed by atoms with Gasteiger partial charge in [-0.1, -0.05) is 11.6 Å². The van der Waals surface area contributed by atoms with Crippen molar-refractivity contribution in [3.8, 4) is 17.6 Å². The number of nitriles is 1. The summed E-state index contributed by atoms with van der Waals surface area (Å²) < 4.78 is 31.4. The molecule has 0 radical (unpaired) electrons. The molecule has 2 aromatic carbocycles. The Morgan fingerprint density at radius 2 is 2.09 bits per heavy atom. The van der Waals surface area contributed by atoms with Crippen molar-refractivity contribution < 1.29 is 18.6 Å². The molecular weight excluding hydrogens is 447 g/mol. The van der Waals surface area contributed by atoms with Gasteiger partial charge >= 0.3 is 0 Å². The van der Waals surface area contributed by atoms with E-state index in [4.69, 9.17) is 25.8 Å². The molecule has 7 nitrogen and oxygen atoms in total. The van der Waals surface area contributed by atoms with Crippen molar-refractivity contribution in [2.45, 2.75) is 6.42 Å². The maximum Gasteiger partial charge on any atom is 0.187 e. The number of ether oxygens (including phenoxy) is 3. The lowest BCUT2D eigenvalue weighted by molar-refractivity contribution is 0.0358. The molecule has 1 N–H and O–H groups in total. The Kier molecular flexibility index (Phi) is 7.45. The number of nitrogens with zero attached hydrogens (tertiary/aromatic N) is 3. The molecule has 1 aliphatic heterocycles. The van der Waals surface area contributed by atoms with Crippen LogP contribution < -0.4 is 14.8 Å². The van der Waals surface area contributed by atoms with Gasteiger partial charge in [-0.25, -0.2) is 4.39 Å². The third-order valence-electron chi connectivity index (χ3n) is 5.46. The number of methoxy groups -OCH3 is 1. The van der Waals surface area contributed by atoms with Gasteiger partial charge in [0.1, 0.15) is 17.4 Å². The molecular formula is C24H24ClFN4O3. The molecule has 1 fully saturated rings. The van der Waals surface area contributed by atoms with E-state index in [1.54, 1.807) is 25.3 Å². The monoisotopic (exact) mass is 470 g/mol. The van der Waals surface area contributed by atoms with Crippen LogP contribution in [-0.4, -0.2) is 56.4 Å². The highest BCUT2D eigenvalue weighted by molar-refractivity contribution is 6.30. The predicted octanol–water partition coefficient (Wildman–Crippen LogP) is 4.75. The van der Waals surface area contributed by atoms with Crippen molar-refractivity contribution in [2.24, 2.45) is 0 Å². The Morgan fingerprint density at radius 3 is 2.82 bits per heavy atom. The highest BCUT2D eigenvalue weighted by Crippen LogP contribution is 2.39. The topological polar surface area (TPSA) is 79.6 Å². The van der Waals surface area contributed by atoms with Gasteiger partial charge in [0.05, 0.1) is 43.9 Å². The minimum absolute atomic E-state index is 0.201. The van der Waals surface area contributed by atoms with Gasteiger partial charge < -0.3 is 19.5 Å². The maximum absolute atomic E-state index is 14.4. The summed E-state index contributed by atoms with van der Waals surface area (Å²) >= 11 is 5.87. The maximum atomic E-state index is 14.4. The second-order valence-electron chi connectivity index (χ2n) is 7.56. The molecule has 0 amide bonds. The average Bonchev–Trinajstić information content (AvgIpc) is 2.84. The molecule has 0 spiro atoms. The first kappa shape index (κ1) is 23.1. The summed E-state index contributed by atoms with van der Waals surface area (Å²) in [5.41, 5.74) is 1.44. The minimum atomic E-state index is -0.524. The molecule has 1 aliphatic rings. The van der Waals surface area contributed by atoms with Crippen LogP contribution in [0.15, 0.2) is 36.5 Å². The summed E-state index contributed by atoms with van der Waals surface area (Å²) in [5, 5.41) is 13.6. The first-order valence-corrected chi connectivity index (χ1v) is 11.0. The number of fused-ring (bicyclic) bond motifs is 1. The fourth-order valence-electron chi connectivity index (χ4n) is 3.75. The Bertz CT molecular complexity index is 1180. The van der Waals surface area contributed by atoms with E-state index in [0.717, 1.165) is 39.3 Å². The largest absolute Gasteiger partial charge is 0.493 e. The van der Waals surface area contributed by atoms with E-state index in [2.05, 4.69) is 21.3 Å². The van der Waals surface area contributed by atoms with Crippen LogP contribution in [0.25, 0.3) is 10.9 Å². The van der Waals surface area contributed by atoms with Gasteiger partial charge in [0, 0.05) is 36.2 Å². The van der Waals surface area contributed by atoms with Crippen molar-refractivity contribution in [3.63, 3.8) is 0 Å². The van der Waals surface area contributed by atoms with Crippen molar-refractivity contribution >= 4 is 33.9 Å². The zero-order valence-corrected chi connectivity index (χ0v) is 19.0. The third kappa shape index (κ3) is 5.28. The zero-order chi connectivity index (χ0) is 23.2. The van der Waals surface area contributed by atoms with Gasteiger partial charge in [0.15, 0.2) is 11.5 Å². The second kappa shape index (κ2) is 10.7. The SMILES string of the molecule is COc1ccc2c(Nc3ccc(Cl)cc3F)c(C#N)cnc2c1OCCCN1CCOCC1. The normalized spacial score (nSPS) is 14.1. The van der Waals surface area contributed by atoms with Crippen LogP contribution >= 0.6 is 11.6 Å². The number of anilines is 2. The van der Waals surface area contributed by atoms with E-state index in [9.17, 15) is 9.65 Å². The fourth-order valence-corrected chi connectivity index (χ4v) is 3.91. The van der Waals surface area contributed by atoms with E-state index < -0.39 is 5.82 Å². The van der Waals surface area contributed by atoms with E-state index in [-0.39, 0.29) is 16.3 Å². The van der Waals surface area contributed by atoms with Gasteiger partial charge in [-0.2, -0.15) is 5.26 Å². The number of nitrogens with one attached hydrogen (secondary N) is 1. The van der Waals surface area contributed by atoms with Crippen molar-refractivity contribution in [1.29, 1.82) is 5.26 Å².